The lowest BCUT2D eigenvalue weighted by Gasteiger charge is -2.17. The third-order valence-corrected chi connectivity index (χ3v) is 2.72. The van der Waals surface area contributed by atoms with Crippen LogP contribution in [0.5, 0.6) is 0 Å². The molecule has 2 rings (SSSR count). The number of rotatable bonds is 5. The summed E-state index contributed by atoms with van der Waals surface area (Å²) in [6.45, 7) is 0. The Balaban J connectivity index is 2.00. The average molecular weight is 229 g/mol. The molecule has 1 aliphatic rings. The Morgan fingerprint density at radius 1 is 1.24 bits per heavy atom. The molecular formula is C14H15NO2. The summed E-state index contributed by atoms with van der Waals surface area (Å²) in [6.07, 6.45) is 8.22. The van der Waals surface area contributed by atoms with Crippen molar-refractivity contribution in [1.29, 1.82) is 0 Å². The molecule has 88 valence electrons. The molecule has 0 saturated carbocycles. The highest BCUT2D eigenvalue weighted by Gasteiger charge is 2.20. The predicted molar refractivity (Wildman–Crippen MR) is 66.8 cm³/mol. The van der Waals surface area contributed by atoms with E-state index in [1.54, 1.807) is 0 Å². The van der Waals surface area contributed by atoms with Gasteiger partial charge in [-0.05, 0) is 12.0 Å². The van der Waals surface area contributed by atoms with Crippen LogP contribution in [0.15, 0.2) is 54.6 Å². The molecule has 0 aromatic heterocycles. The van der Waals surface area contributed by atoms with Crippen molar-refractivity contribution in [3.8, 4) is 0 Å². The number of aliphatic carboxylic acids is 1. The highest BCUT2D eigenvalue weighted by molar-refractivity contribution is 5.74. The fraction of sp³-hybridized carbons (Fsp3) is 0.214. The summed E-state index contributed by atoms with van der Waals surface area (Å²) in [5.41, 5.74) is 1.03. The van der Waals surface area contributed by atoms with Gasteiger partial charge in [0.05, 0.1) is 0 Å². The Morgan fingerprint density at radius 3 is 2.47 bits per heavy atom. The molecule has 0 radical (unpaired) electrons. The van der Waals surface area contributed by atoms with Crippen LogP contribution in [0.25, 0.3) is 0 Å². The van der Waals surface area contributed by atoms with E-state index in [0.29, 0.717) is 6.42 Å². The molecule has 3 heteroatoms. The minimum Gasteiger partial charge on any atom is -0.480 e. The number of nitrogens with one attached hydrogen (secondary N) is 1. The van der Waals surface area contributed by atoms with Crippen molar-refractivity contribution >= 4 is 5.97 Å². The maximum absolute atomic E-state index is 11.2. The Hall–Kier alpha value is -1.87. The van der Waals surface area contributed by atoms with Crippen molar-refractivity contribution in [2.75, 3.05) is 0 Å². The first-order chi connectivity index (χ1) is 8.25. The number of hydrogen-bond acceptors (Lipinski definition) is 2. The van der Waals surface area contributed by atoms with E-state index >= 15 is 0 Å². The van der Waals surface area contributed by atoms with Crippen molar-refractivity contribution < 1.29 is 9.90 Å². The fourth-order valence-corrected chi connectivity index (χ4v) is 1.84. The normalized spacial score (nSPS) is 16.2. The maximum Gasteiger partial charge on any atom is 0.321 e. The average Bonchev–Trinajstić information content (AvgIpc) is 2.82. The molecule has 0 unspecified atom stereocenters. The van der Waals surface area contributed by atoms with Crippen molar-refractivity contribution in [3.05, 3.63) is 60.2 Å². The van der Waals surface area contributed by atoms with E-state index in [1.165, 1.54) is 0 Å². The number of hydrogen-bond donors (Lipinski definition) is 2. The molecule has 0 aliphatic heterocycles. The summed E-state index contributed by atoms with van der Waals surface area (Å²) >= 11 is 0. The summed E-state index contributed by atoms with van der Waals surface area (Å²) < 4.78 is 0. The standard InChI is InChI=1S/C14H15NO2/c16-14(17)13(15-12-8-4-5-9-12)10-11-6-2-1-3-7-11/h1-9,12-13,15H,10H2,(H,16,17)/t13-/m0/s1. The summed E-state index contributed by atoms with van der Waals surface area (Å²) in [6, 6.07) is 9.12. The Kier molecular flexibility index (Phi) is 3.73. The number of benzene rings is 1. The first kappa shape index (κ1) is 11.6. The summed E-state index contributed by atoms with van der Waals surface area (Å²) in [4.78, 5) is 11.2. The lowest BCUT2D eigenvalue weighted by Crippen LogP contribution is -2.42. The van der Waals surface area contributed by atoms with Gasteiger partial charge < -0.3 is 5.11 Å². The Bertz CT molecular complexity index is 425. The van der Waals surface area contributed by atoms with Crippen molar-refractivity contribution in [1.82, 2.24) is 5.32 Å². The van der Waals surface area contributed by atoms with E-state index in [9.17, 15) is 9.90 Å². The third-order valence-electron chi connectivity index (χ3n) is 2.72. The quantitative estimate of drug-likeness (QED) is 0.809. The Labute approximate surface area is 100 Å². The van der Waals surface area contributed by atoms with Crippen LogP contribution in [0, 0.1) is 0 Å². The number of carbonyl (C=O) groups is 1. The third kappa shape index (κ3) is 3.29. The molecule has 0 amide bonds. The van der Waals surface area contributed by atoms with E-state index in [0.717, 1.165) is 5.56 Å². The van der Waals surface area contributed by atoms with E-state index < -0.39 is 12.0 Å². The first-order valence-electron chi connectivity index (χ1n) is 5.63. The molecule has 3 nitrogen and oxygen atoms in total. The molecule has 17 heavy (non-hydrogen) atoms. The lowest BCUT2D eigenvalue weighted by molar-refractivity contribution is -0.139. The van der Waals surface area contributed by atoms with E-state index in [-0.39, 0.29) is 6.04 Å². The second-order valence-electron chi connectivity index (χ2n) is 4.04. The Morgan fingerprint density at radius 2 is 1.88 bits per heavy atom. The molecule has 0 bridgehead atoms. The van der Waals surface area contributed by atoms with Gasteiger partial charge in [-0.1, -0.05) is 54.6 Å². The number of carboxylic acids is 1. The molecular weight excluding hydrogens is 214 g/mol. The van der Waals surface area contributed by atoms with E-state index in [2.05, 4.69) is 5.32 Å². The van der Waals surface area contributed by atoms with Gasteiger partial charge in [0, 0.05) is 6.04 Å². The van der Waals surface area contributed by atoms with E-state index in [4.69, 9.17) is 0 Å². The smallest absolute Gasteiger partial charge is 0.321 e. The zero-order valence-corrected chi connectivity index (χ0v) is 9.41. The van der Waals surface area contributed by atoms with Crippen LogP contribution in [0.2, 0.25) is 0 Å². The van der Waals surface area contributed by atoms with Crippen LogP contribution in [-0.4, -0.2) is 23.2 Å². The van der Waals surface area contributed by atoms with Gasteiger partial charge >= 0.3 is 5.97 Å². The minimum atomic E-state index is -0.817. The summed E-state index contributed by atoms with van der Waals surface area (Å²) in [5, 5.41) is 12.3. The van der Waals surface area contributed by atoms with Gasteiger partial charge in [-0.2, -0.15) is 0 Å². The number of allylic oxidation sites excluding steroid dienone is 2. The zero-order valence-electron chi connectivity index (χ0n) is 9.41. The summed E-state index contributed by atoms with van der Waals surface area (Å²) in [5.74, 6) is -0.817. The van der Waals surface area contributed by atoms with Crippen molar-refractivity contribution in [2.45, 2.75) is 18.5 Å². The highest BCUT2D eigenvalue weighted by Crippen LogP contribution is 2.07. The van der Waals surface area contributed by atoms with Gasteiger partial charge in [0.2, 0.25) is 0 Å². The largest absolute Gasteiger partial charge is 0.480 e. The van der Waals surface area contributed by atoms with Crippen molar-refractivity contribution in [3.63, 3.8) is 0 Å². The van der Waals surface area contributed by atoms with Gasteiger partial charge in [0.15, 0.2) is 0 Å². The molecule has 1 atom stereocenters. The molecule has 0 heterocycles. The molecule has 1 aliphatic carbocycles. The van der Waals surface area contributed by atoms with E-state index in [1.807, 2.05) is 54.6 Å². The SMILES string of the molecule is O=C(O)[C@H](Cc1ccccc1)NC1C=CC=C1. The van der Waals surface area contributed by atoms with Crippen LogP contribution < -0.4 is 5.32 Å². The molecule has 2 N–H and O–H groups in total. The number of carboxylic acid groups (broad SMARTS) is 1. The van der Waals surface area contributed by atoms with Crippen molar-refractivity contribution in [2.24, 2.45) is 0 Å². The second-order valence-corrected chi connectivity index (χ2v) is 4.04. The van der Waals surface area contributed by atoms with Gasteiger partial charge in [0.1, 0.15) is 6.04 Å². The molecule has 0 saturated heterocycles. The van der Waals surface area contributed by atoms with Crippen LogP contribution in [0.3, 0.4) is 0 Å². The van der Waals surface area contributed by atoms with Gasteiger partial charge in [0.25, 0.3) is 0 Å². The van der Waals surface area contributed by atoms with Crippen LogP contribution >= 0.6 is 0 Å². The predicted octanol–water partition coefficient (Wildman–Crippen LogP) is 1.77. The fourth-order valence-electron chi connectivity index (χ4n) is 1.84. The first-order valence-corrected chi connectivity index (χ1v) is 5.63. The molecule has 1 aromatic rings. The summed E-state index contributed by atoms with van der Waals surface area (Å²) in [7, 11) is 0. The second kappa shape index (κ2) is 5.46. The molecule has 0 fully saturated rings. The van der Waals surface area contributed by atoms with Gasteiger partial charge in [-0.3, -0.25) is 10.1 Å². The lowest BCUT2D eigenvalue weighted by atomic mass is 10.1. The minimum absolute atomic E-state index is 0.0276. The van der Waals surface area contributed by atoms with Crippen LogP contribution in [-0.2, 0) is 11.2 Å². The van der Waals surface area contributed by atoms with Gasteiger partial charge in [-0.25, -0.2) is 0 Å². The molecule has 1 aromatic carbocycles. The topological polar surface area (TPSA) is 49.3 Å². The van der Waals surface area contributed by atoms with Crippen LogP contribution in [0.1, 0.15) is 5.56 Å². The zero-order chi connectivity index (χ0) is 12.1. The molecule has 0 spiro atoms. The maximum atomic E-state index is 11.2. The highest BCUT2D eigenvalue weighted by atomic mass is 16.4. The van der Waals surface area contributed by atoms with Gasteiger partial charge in [-0.15, -0.1) is 0 Å². The van der Waals surface area contributed by atoms with Crippen LogP contribution in [0.4, 0.5) is 0 Å². The monoisotopic (exact) mass is 229 g/mol.